The lowest BCUT2D eigenvalue weighted by molar-refractivity contribution is -0.140. The van der Waals surface area contributed by atoms with Gasteiger partial charge in [-0.15, -0.1) is 0 Å². The second kappa shape index (κ2) is 13.0. The first-order chi connectivity index (χ1) is 18.2. The topological polar surface area (TPSA) is 105 Å². The predicted octanol–water partition coefficient (Wildman–Crippen LogP) is 3.45. The molecule has 202 valence electrons. The van der Waals surface area contributed by atoms with Gasteiger partial charge in [0.1, 0.15) is 24.1 Å². The Labute approximate surface area is 224 Å². The molecule has 0 aliphatic heterocycles. The third kappa shape index (κ3) is 6.63. The molecule has 3 aromatic rings. The molecule has 1 N–H and O–H groups in total. The molecule has 0 aliphatic rings. The number of benzene rings is 3. The standard InChI is InChI=1S/C28H33N3O6S/c1-5-26(28(33)29-2)30(19-21-11-13-23(36-3)14-12-21)27(32)20-31(22-9-7-6-8-10-22)38(34,35)25-17-15-24(37-4)16-18-25/h6-18,26H,5,19-20H2,1-4H3,(H,29,33)/t26-/m0/s1. The Morgan fingerprint density at radius 3 is 1.92 bits per heavy atom. The second-order valence-electron chi connectivity index (χ2n) is 8.43. The second-order valence-corrected chi connectivity index (χ2v) is 10.3. The van der Waals surface area contributed by atoms with Crippen LogP contribution >= 0.6 is 0 Å². The zero-order valence-electron chi connectivity index (χ0n) is 22.0. The maximum atomic E-state index is 13.8. The van der Waals surface area contributed by atoms with Gasteiger partial charge in [0.15, 0.2) is 0 Å². The van der Waals surface area contributed by atoms with Crippen molar-refractivity contribution in [3.8, 4) is 11.5 Å². The van der Waals surface area contributed by atoms with Gasteiger partial charge in [0.25, 0.3) is 10.0 Å². The number of nitrogens with zero attached hydrogens (tertiary/aromatic N) is 2. The highest BCUT2D eigenvalue weighted by molar-refractivity contribution is 7.92. The van der Waals surface area contributed by atoms with Gasteiger partial charge in [-0.05, 0) is 60.5 Å². The van der Waals surface area contributed by atoms with Crippen molar-refractivity contribution in [1.82, 2.24) is 10.2 Å². The molecule has 0 aliphatic carbocycles. The molecule has 10 heteroatoms. The summed E-state index contributed by atoms with van der Waals surface area (Å²) in [6, 6.07) is 20.7. The van der Waals surface area contributed by atoms with Crippen LogP contribution < -0.4 is 19.1 Å². The van der Waals surface area contributed by atoms with E-state index in [-0.39, 0.29) is 17.3 Å². The van der Waals surface area contributed by atoms with Gasteiger partial charge < -0.3 is 19.7 Å². The van der Waals surface area contributed by atoms with Crippen molar-refractivity contribution in [3.05, 3.63) is 84.4 Å². The number of likely N-dealkylation sites (N-methyl/N-ethyl adjacent to an activating group) is 1. The van der Waals surface area contributed by atoms with Crippen molar-refractivity contribution < 1.29 is 27.5 Å². The van der Waals surface area contributed by atoms with Crippen molar-refractivity contribution in [3.63, 3.8) is 0 Å². The number of para-hydroxylation sites is 1. The normalized spacial score (nSPS) is 11.8. The molecule has 0 saturated heterocycles. The highest BCUT2D eigenvalue weighted by atomic mass is 32.2. The number of hydrogen-bond donors (Lipinski definition) is 1. The number of sulfonamides is 1. The van der Waals surface area contributed by atoms with Crippen molar-refractivity contribution in [1.29, 1.82) is 0 Å². The lowest BCUT2D eigenvalue weighted by Gasteiger charge is -2.33. The third-order valence-corrected chi connectivity index (χ3v) is 7.90. The summed E-state index contributed by atoms with van der Waals surface area (Å²) in [5.74, 6) is 0.315. The van der Waals surface area contributed by atoms with Crippen LogP contribution in [-0.4, -0.2) is 59.0 Å². The summed E-state index contributed by atoms with van der Waals surface area (Å²) in [6.45, 7) is 1.42. The van der Waals surface area contributed by atoms with Crippen LogP contribution in [0.2, 0.25) is 0 Å². The quantitative estimate of drug-likeness (QED) is 0.378. The molecule has 38 heavy (non-hydrogen) atoms. The maximum Gasteiger partial charge on any atom is 0.264 e. The number of carbonyl (C=O) groups excluding carboxylic acids is 2. The number of amides is 2. The van der Waals surface area contributed by atoms with Gasteiger partial charge in [-0.3, -0.25) is 13.9 Å². The first-order valence-corrected chi connectivity index (χ1v) is 13.5. The van der Waals surface area contributed by atoms with E-state index in [1.165, 1.54) is 31.2 Å². The van der Waals surface area contributed by atoms with Gasteiger partial charge in [0.05, 0.1) is 24.8 Å². The number of ether oxygens (including phenoxy) is 2. The number of anilines is 1. The zero-order chi connectivity index (χ0) is 27.7. The summed E-state index contributed by atoms with van der Waals surface area (Å²) >= 11 is 0. The molecule has 3 aromatic carbocycles. The molecule has 0 bridgehead atoms. The molecule has 0 spiro atoms. The van der Waals surface area contributed by atoms with Crippen LogP contribution in [0.1, 0.15) is 18.9 Å². The van der Waals surface area contributed by atoms with Crippen LogP contribution in [0, 0.1) is 0 Å². The first-order valence-electron chi connectivity index (χ1n) is 12.1. The number of hydrogen-bond acceptors (Lipinski definition) is 6. The van der Waals surface area contributed by atoms with Crippen LogP contribution in [0.5, 0.6) is 11.5 Å². The molecular weight excluding hydrogens is 506 g/mol. The largest absolute Gasteiger partial charge is 0.497 e. The van der Waals surface area contributed by atoms with Crippen molar-refractivity contribution in [2.75, 3.05) is 32.1 Å². The first kappa shape index (κ1) is 28.5. The van der Waals surface area contributed by atoms with E-state index >= 15 is 0 Å². The highest BCUT2D eigenvalue weighted by Gasteiger charge is 2.33. The summed E-state index contributed by atoms with van der Waals surface area (Å²) in [5, 5.41) is 2.61. The molecule has 0 radical (unpaired) electrons. The van der Waals surface area contributed by atoms with E-state index in [0.717, 1.165) is 9.87 Å². The van der Waals surface area contributed by atoms with Gasteiger partial charge in [0, 0.05) is 13.6 Å². The van der Waals surface area contributed by atoms with Gasteiger partial charge >= 0.3 is 0 Å². The minimum absolute atomic E-state index is 0.00926. The van der Waals surface area contributed by atoms with Crippen molar-refractivity contribution >= 4 is 27.5 Å². The van der Waals surface area contributed by atoms with Gasteiger partial charge in [-0.2, -0.15) is 0 Å². The fourth-order valence-electron chi connectivity index (χ4n) is 4.01. The Kier molecular flexibility index (Phi) is 9.72. The van der Waals surface area contributed by atoms with E-state index in [1.807, 2.05) is 0 Å². The van der Waals surface area contributed by atoms with Gasteiger partial charge in [-0.25, -0.2) is 8.42 Å². The summed E-state index contributed by atoms with van der Waals surface area (Å²) in [5.41, 5.74) is 1.10. The van der Waals surface area contributed by atoms with Crippen molar-refractivity contribution in [2.45, 2.75) is 30.8 Å². The van der Waals surface area contributed by atoms with E-state index in [9.17, 15) is 18.0 Å². The molecule has 0 heterocycles. The van der Waals surface area contributed by atoms with E-state index in [0.29, 0.717) is 23.6 Å². The SMILES string of the molecule is CC[C@@H](C(=O)NC)N(Cc1ccc(OC)cc1)C(=O)CN(c1ccccc1)S(=O)(=O)c1ccc(OC)cc1. The summed E-state index contributed by atoms with van der Waals surface area (Å²) in [7, 11) is 0.424. The molecule has 0 saturated carbocycles. The fraction of sp³-hybridized carbons (Fsp3) is 0.286. The fourth-order valence-corrected chi connectivity index (χ4v) is 5.43. The van der Waals surface area contributed by atoms with E-state index in [1.54, 1.807) is 80.8 Å². The molecule has 0 fully saturated rings. The molecular formula is C28H33N3O6S. The summed E-state index contributed by atoms with van der Waals surface area (Å²) in [6.07, 6.45) is 0.345. The van der Waals surface area contributed by atoms with Crippen LogP contribution in [0.3, 0.4) is 0 Å². The smallest absolute Gasteiger partial charge is 0.264 e. The molecule has 1 atom stereocenters. The van der Waals surface area contributed by atoms with Gasteiger partial charge in [-0.1, -0.05) is 37.3 Å². The van der Waals surface area contributed by atoms with Crippen LogP contribution in [0.15, 0.2) is 83.8 Å². The lowest BCUT2D eigenvalue weighted by Crippen LogP contribution is -2.51. The lowest BCUT2D eigenvalue weighted by atomic mass is 10.1. The number of methoxy groups -OCH3 is 2. The number of carbonyl (C=O) groups is 2. The molecule has 3 rings (SSSR count). The minimum Gasteiger partial charge on any atom is -0.497 e. The van der Waals surface area contributed by atoms with Gasteiger partial charge in [0.2, 0.25) is 11.8 Å². The monoisotopic (exact) mass is 539 g/mol. The molecule has 2 amide bonds. The Hall–Kier alpha value is -4.05. The minimum atomic E-state index is -4.13. The number of rotatable bonds is 12. The van der Waals surface area contributed by atoms with Crippen molar-refractivity contribution in [2.24, 2.45) is 0 Å². The van der Waals surface area contributed by atoms with E-state index < -0.39 is 28.5 Å². The summed E-state index contributed by atoms with van der Waals surface area (Å²) < 4.78 is 39.0. The molecule has 0 aromatic heterocycles. The van der Waals surface area contributed by atoms with Crippen LogP contribution in [-0.2, 0) is 26.2 Å². The average molecular weight is 540 g/mol. The summed E-state index contributed by atoms with van der Waals surface area (Å²) in [4.78, 5) is 28.0. The maximum absolute atomic E-state index is 13.8. The van der Waals surface area contributed by atoms with E-state index in [2.05, 4.69) is 5.32 Å². The Bertz CT molecular complexity index is 1310. The zero-order valence-corrected chi connectivity index (χ0v) is 22.8. The average Bonchev–Trinajstić information content (AvgIpc) is 2.96. The van der Waals surface area contributed by atoms with Crippen LogP contribution in [0.25, 0.3) is 0 Å². The molecule has 9 nitrogen and oxygen atoms in total. The Balaban J connectivity index is 2.01. The number of nitrogens with one attached hydrogen (secondary N) is 1. The molecule has 0 unspecified atom stereocenters. The van der Waals surface area contributed by atoms with Crippen LogP contribution in [0.4, 0.5) is 5.69 Å². The highest BCUT2D eigenvalue weighted by Crippen LogP contribution is 2.26. The third-order valence-electron chi connectivity index (χ3n) is 6.11. The Morgan fingerprint density at radius 2 is 1.42 bits per heavy atom. The predicted molar refractivity (Wildman–Crippen MR) is 146 cm³/mol. The Morgan fingerprint density at radius 1 is 0.868 bits per heavy atom. The van der Waals surface area contributed by atoms with E-state index in [4.69, 9.17) is 9.47 Å².